The van der Waals surface area contributed by atoms with E-state index in [4.69, 9.17) is 14.6 Å². The van der Waals surface area contributed by atoms with Crippen molar-refractivity contribution in [3.8, 4) is 5.75 Å². The third-order valence-corrected chi connectivity index (χ3v) is 2.64. The normalized spacial score (nSPS) is 11.8. The Morgan fingerprint density at radius 1 is 1.40 bits per heavy atom. The van der Waals surface area contributed by atoms with Crippen LogP contribution in [-0.2, 0) is 9.53 Å². The van der Waals surface area contributed by atoms with Gasteiger partial charge in [-0.25, -0.2) is 4.39 Å². The van der Waals surface area contributed by atoms with E-state index in [0.717, 1.165) is 6.07 Å². The van der Waals surface area contributed by atoms with Crippen LogP contribution in [0.2, 0.25) is 0 Å². The molecule has 0 aliphatic heterocycles. The Balaban J connectivity index is 2.64. The third-order valence-electron chi connectivity index (χ3n) is 2.64. The standard InChI is InChI=1S/C13H16FNO5/c1-19-9(6-12(16)17)7-15-13(18)8-3-4-10(14)11(5-8)20-2/h3-5,9H,6-7H2,1-2H3,(H,15,18)(H,16,17). The summed E-state index contributed by atoms with van der Waals surface area (Å²) in [4.78, 5) is 22.4. The Kier molecular flexibility index (Phi) is 5.92. The van der Waals surface area contributed by atoms with Crippen LogP contribution >= 0.6 is 0 Å². The summed E-state index contributed by atoms with van der Waals surface area (Å²) in [6.45, 7) is 0.0430. The first-order valence-corrected chi connectivity index (χ1v) is 5.84. The molecule has 7 heteroatoms. The van der Waals surface area contributed by atoms with Gasteiger partial charge in [-0.3, -0.25) is 9.59 Å². The van der Waals surface area contributed by atoms with E-state index < -0.39 is 23.8 Å². The molecule has 0 heterocycles. The fourth-order valence-corrected chi connectivity index (χ4v) is 1.54. The number of hydrogen-bond acceptors (Lipinski definition) is 4. The number of carboxylic acids is 1. The number of aliphatic carboxylic acids is 1. The minimum Gasteiger partial charge on any atom is -0.494 e. The number of amides is 1. The second-order valence-corrected chi connectivity index (χ2v) is 4.01. The van der Waals surface area contributed by atoms with E-state index in [-0.39, 0.29) is 24.3 Å². The van der Waals surface area contributed by atoms with Gasteiger partial charge in [0.25, 0.3) is 5.91 Å². The molecular formula is C13H16FNO5. The first-order chi connectivity index (χ1) is 9.47. The first kappa shape index (κ1) is 15.9. The number of carbonyl (C=O) groups excluding carboxylic acids is 1. The zero-order valence-corrected chi connectivity index (χ0v) is 11.2. The second-order valence-electron chi connectivity index (χ2n) is 4.01. The average molecular weight is 285 g/mol. The summed E-state index contributed by atoms with van der Waals surface area (Å²) in [5.41, 5.74) is 0.216. The number of carboxylic acid groups (broad SMARTS) is 1. The van der Waals surface area contributed by atoms with Gasteiger partial charge in [0.1, 0.15) is 0 Å². The van der Waals surface area contributed by atoms with E-state index in [1.54, 1.807) is 0 Å². The molecule has 0 saturated heterocycles. The summed E-state index contributed by atoms with van der Waals surface area (Å²) >= 11 is 0. The van der Waals surface area contributed by atoms with E-state index in [9.17, 15) is 14.0 Å². The van der Waals surface area contributed by atoms with Gasteiger partial charge >= 0.3 is 5.97 Å². The van der Waals surface area contributed by atoms with Crippen LogP contribution in [0, 0.1) is 5.82 Å². The molecule has 2 N–H and O–H groups in total. The van der Waals surface area contributed by atoms with Gasteiger partial charge in [-0.2, -0.15) is 0 Å². The molecule has 1 unspecified atom stereocenters. The number of rotatable bonds is 7. The van der Waals surface area contributed by atoms with Crippen molar-refractivity contribution in [1.29, 1.82) is 0 Å². The van der Waals surface area contributed by atoms with Gasteiger partial charge in [0.2, 0.25) is 0 Å². The van der Waals surface area contributed by atoms with Crippen LogP contribution in [0.4, 0.5) is 4.39 Å². The zero-order valence-electron chi connectivity index (χ0n) is 11.2. The smallest absolute Gasteiger partial charge is 0.306 e. The van der Waals surface area contributed by atoms with Crippen LogP contribution < -0.4 is 10.1 Å². The van der Waals surface area contributed by atoms with Crippen molar-refractivity contribution in [2.75, 3.05) is 20.8 Å². The Morgan fingerprint density at radius 2 is 2.10 bits per heavy atom. The number of carbonyl (C=O) groups is 2. The number of halogens is 1. The van der Waals surface area contributed by atoms with Gasteiger partial charge in [0.15, 0.2) is 11.6 Å². The number of ether oxygens (including phenoxy) is 2. The van der Waals surface area contributed by atoms with E-state index in [2.05, 4.69) is 5.32 Å². The average Bonchev–Trinajstić information content (AvgIpc) is 2.43. The van der Waals surface area contributed by atoms with Crippen molar-refractivity contribution in [3.63, 3.8) is 0 Å². The quantitative estimate of drug-likeness (QED) is 0.782. The van der Waals surface area contributed by atoms with Crippen LogP contribution in [0.1, 0.15) is 16.8 Å². The Bertz CT molecular complexity index is 492. The van der Waals surface area contributed by atoms with Crippen LogP contribution in [0.25, 0.3) is 0 Å². The Hall–Kier alpha value is -2.15. The van der Waals surface area contributed by atoms with E-state index >= 15 is 0 Å². The van der Waals surface area contributed by atoms with Gasteiger partial charge in [0.05, 0.1) is 19.6 Å². The Morgan fingerprint density at radius 3 is 2.65 bits per heavy atom. The lowest BCUT2D eigenvalue weighted by atomic mass is 10.2. The predicted molar refractivity (Wildman–Crippen MR) is 68.3 cm³/mol. The summed E-state index contributed by atoms with van der Waals surface area (Å²) in [6, 6.07) is 3.70. The Labute approximate surface area is 115 Å². The monoisotopic (exact) mass is 285 g/mol. The van der Waals surface area contributed by atoms with Crippen molar-refractivity contribution in [3.05, 3.63) is 29.6 Å². The summed E-state index contributed by atoms with van der Waals surface area (Å²) < 4.78 is 22.9. The first-order valence-electron chi connectivity index (χ1n) is 5.84. The minimum atomic E-state index is -1.02. The maximum absolute atomic E-state index is 13.2. The van der Waals surface area contributed by atoms with Crippen molar-refractivity contribution in [2.45, 2.75) is 12.5 Å². The molecule has 20 heavy (non-hydrogen) atoms. The number of methoxy groups -OCH3 is 2. The maximum atomic E-state index is 13.2. The van der Waals surface area contributed by atoms with Gasteiger partial charge in [0, 0.05) is 19.2 Å². The lowest BCUT2D eigenvalue weighted by molar-refractivity contribution is -0.139. The summed E-state index contributed by atoms with van der Waals surface area (Å²) in [5.74, 6) is -2.08. The highest BCUT2D eigenvalue weighted by Gasteiger charge is 2.15. The van der Waals surface area contributed by atoms with Crippen LogP contribution in [0.3, 0.4) is 0 Å². The molecule has 0 radical (unpaired) electrons. The SMILES string of the molecule is COc1cc(C(=O)NCC(CC(=O)O)OC)ccc1F. The van der Waals surface area contributed by atoms with Crippen LogP contribution in [-0.4, -0.2) is 43.9 Å². The van der Waals surface area contributed by atoms with Gasteiger partial charge in [-0.05, 0) is 18.2 Å². The molecule has 1 aromatic rings. The van der Waals surface area contributed by atoms with E-state index in [1.807, 2.05) is 0 Å². The number of benzene rings is 1. The summed E-state index contributed by atoms with van der Waals surface area (Å²) in [6.07, 6.45) is -0.845. The molecule has 0 bridgehead atoms. The number of hydrogen-bond donors (Lipinski definition) is 2. The molecule has 0 aromatic heterocycles. The molecule has 6 nitrogen and oxygen atoms in total. The molecule has 0 fully saturated rings. The molecule has 1 rings (SSSR count). The third kappa shape index (κ3) is 4.51. The number of nitrogens with one attached hydrogen (secondary N) is 1. The van der Waals surface area contributed by atoms with Crippen LogP contribution in [0.5, 0.6) is 5.75 Å². The summed E-state index contributed by atoms with van der Waals surface area (Å²) in [7, 11) is 2.66. The van der Waals surface area contributed by atoms with Crippen molar-refractivity contribution >= 4 is 11.9 Å². The molecule has 1 atom stereocenters. The van der Waals surface area contributed by atoms with Gasteiger partial charge in [-0.1, -0.05) is 0 Å². The zero-order chi connectivity index (χ0) is 15.1. The van der Waals surface area contributed by atoms with Crippen molar-refractivity contribution in [2.24, 2.45) is 0 Å². The molecule has 0 aliphatic carbocycles. The molecule has 110 valence electrons. The lowest BCUT2D eigenvalue weighted by Crippen LogP contribution is -2.34. The fraction of sp³-hybridized carbons (Fsp3) is 0.385. The summed E-state index contributed by atoms with van der Waals surface area (Å²) in [5, 5.41) is 11.2. The van der Waals surface area contributed by atoms with Crippen molar-refractivity contribution in [1.82, 2.24) is 5.32 Å². The van der Waals surface area contributed by atoms with E-state index in [1.165, 1.54) is 26.4 Å². The highest BCUT2D eigenvalue weighted by molar-refractivity contribution is 5.94. The van der Waals surface area contributed by atoms with Gasteiger partial charge < -0.3 is 19.9 Å². The molecule has 1 amide bonds. The molecule has 0 saturated carbocycles. The molecule has 0 aliphatic rings. The molecule has 1 aromatic carbocycles. The van der Waals surface area contributed by atoms with Crippen LogP contribution in [0.15, 0.2) is 18.2 Å². The van der Waals surface area contributed by atoms with Crippen molar-refractivity contribution < 1.29 is 28.6 Å². The predicted octanol–water partition coefficient (Wildman–Crippen LogP) is 1.05. The van der Waals surface area contributed by atoms with E-state index in [0.29, 0.717) is 0 Å². The highest BCUT2D eigenvalue weighted by Crippen LogP contribution is 2.18. The fourth-order valence-electron chi connectivity index (χ4n) is 1.54. The largest absolute Gasteiger partial charge is 0.494 e. The van der Waals surface area contributed by atoms with Gasteiger partial charge in [-0.15, -0.1) is 0 Å². The maximum Gasteiger partial charge on any atom is 0.306 e. The highest BCUT2D eigenvalue weighted by atomic mass is 19.1. The topological polar surface area (TPSA) is 84.9 Å². The minimum absolute atomic E-state index is 0.0357. The molecule has 0 spiro atoms. The second kappa shape index (κ2) is 7.44. The lowest BCUT2D eigenvalue weighted by Gasteiger charge is -2.14. The molecular weight excluding hydrogens is 269 g/mol.